The summed E-state index contributed by atoms with van der Waals surface area (Å²) in [4.78, 5) is 2.37. The van der Waals surface area contributed by atoms with E-state index in [9.17, 15) is 0 Å². The highest BCUT2D eigenvalue weighted by Gasteiger charge is 2.41. The van der Waals surface area contributed by atoms with Crippen molar-refractivity contribution in [3.63, 3.8) is 0 Å². The Morgan fingerprint density at radius 3 is 1.44 bits per heavy atom. The van der Waals surface area contributed by atoms with E-state index < -0.39 is 0 Å². The Morgan fingerprint density at radius 1 is 0.311 bits per heavy atom. The number of rotatable bonds is 8. The molecule has 1 aliphatic rings. The third kappa shape index (κ3) is 6.34. The second-order valence-electron chi connectivity index (χ2n) is 16.2. The predicted molar refractivity (Wildman–Crippen MR) is 258 cm³/mol. The average Bonchev–Trinajstić information content (AvgIpc) is 3.61. The highest BCUT2D eigenvalue weighted by molar-refractivity contribution is 5.97. The summed E-state index contributed by atoms with van der Waals surface area (Å²) in [6.07, 6.45) is 0. The van der Waals surface area contributed by atoms with Crippen LogP contribution in [-0.2, 0) is 5.41 Å². The molecule has 1 unspecified atom stereocenters. The Kier molecular flexibility index (Phi) is 9.02. The van der Waals surface area contributed by atoms with Crippen LogP contribution in [0.4, 0.5) is 17.1 Å². The fraction of sp³-hybridized carbons (Fsp3) is 0.0333. The maximum atomic E-state index is 2.38. The van der Waals surface area contributed by atoms with Crippen molar-refractivity contribution < 1.29 is 0 Å². The van der Waals surface area contributed by atoms with E-state index in [4.69, 9.17) is 0 Å². The Labute approximate surface area is 358 Å². The fourth-order valence-electron chi connectivity index (χ4n) is 9.68. The lowest BCUT2D eigenvalue weighted by atomic mass is 9.74. The van der Waals surface area contributed by atoms with Gasteiger partial charge >= 0.3 is 0 Å². The lowest BCUT2D eigenvalue weighted by molar-refractivity contribution is 0.714. The van der Waals surface area contributed by atoms with Gasteiger partial charge < -0.3 is 4.90 Å². The van der Waals surface area contributed by atoms with Gasteiger partial charge in [0, 0.05) is 22.5 Å². The summed E-state index contributed by atoms with van der Waals surface area (Å²) in [6.45, 7) is 2.38. The summed E-state index contributed by atoms with van der Waals surface area (Å²) in [7, 11) is 0. The third-order valence-corrected chi connectivity index (χ3v) is 12.8. The normalized spacial score (nSPS) is 14.0. The molecule has 0 saturated carbocycles. The van der Waals surface area contributed by atoms with E-state index in [0.717, 1.165) is 17.1 Å². The maximum absolute atomic E-state index is 2.38. The van der Waals surface area contributed by atoms with Gasteiger partial charge in [-0.2, -0.15) is 0 Å². The smallest absolute Gasteiger partial charge is 0.0462 e. The molecule has 1 heteroatoms. The van der Waals surface area contributed by atoms with E-state index in [2.05, 4.69) is 254 Å². The van der Waals surface area contributed by atoms with Gasteiger partial charge in [0.05, 0.1) is 0 Å². The van der Waals surface area contributed by atoms with Crippen molar-refractivity contribution >= 4 is 27.8 Å². The molecule has 0 aromatic heterocycles. The first-order valence-electron chi connectivity index (χ1n) is 21.2. The van der Waals surface area contributed by atoms with Crippen LogP contribution in [0.15, 0.2) is 243 Å². The molecule has 0 radical (unpaired) electrons. The van der Waals surface area contributed by atoms with Gasteiger partial charge in [-0.3, -0.25) is 0 Å². The molecule has 0 bridgehead atoms. The first kappa shape index (κ1) is 36.3. The second kappa shape index (κ2) is 15.1. The Morgan fingerprint density at radius 2 is 0.754 bits per heavy atom. The molecule has 11 rings (SSSR count). The van der Waals surface area contributed by atoms with Gasteiger partial charge in [0.2, 0.25) is 0 Å². The molecular formula is C60H43N. The number of nitrogens with zero attached hydrogens (tertiary/aromatic N) is 1. The van der Waals surface area contributed by atoms with Crippen LogP contribution in [0.25, 0.3) is 66.4 Å². The van der Waals surface area contributed by atoms with Crippen LogP contribution >= 0.6 is 0 Å². The second-order valence-corrected chi connectivity index (χ2v) is 16.2. The molecule has 0 N–H and O–H groups in total. The van der Waals surface area contributed by atoms with E-state index in [0.29, 0.717) is 0 Å². The van der Waals surface area contributed by atoms with Crippen LogP contribution < -0.4 is 4.90 Å². The van der Waals surface area contributed by atoms with Crippen LogP contribution in [0.3, 0.4) is 0 Å². The van der Waals surface area contributed by atoms with Crippen molar-refractivity contribution in [1.29, 1.82) is 0 Å². The molecule has 0 heterocycles. The van der Waals surface area contributed by atoms with Gasteiger partial charge in [0.15, 0.2) is 0 Å². The molecule has 0 aliphatic heterocycles. The van der Waals surface area contributed by atoms with Gasteiger partial charge in [-0.1, -0.05) is 200 Å². The van der Waals surface area contributed by atoms with E-state index in [-0.39, 0.29) is 5.41 Å². The molecule has 1 atom stereocenters. The van der Waals surface area contributed by atoms with E-state index in [1.165, 1.54) is 83.1 Å². The monoisotopic (exact) mass is 777 g/mol. The lowest BCUT2D eigenvalue weighted by Gasteiger charge is -2.28. The van der Waals surface area contributed by atoms with Crippen molar-refractivity contribution in [2.45, 2.75) is 12.3 Å². The molecule has 0 fully saturated rings. The molecule has 10 aromatic rings. The van der Waals surface area contributed by atoms with Gasteiger partial charge in [0.1, 0.15) is 0 Å². The molecule has 0 spiro atoms. The summed E-state index contributed by atoms with van der Waals surface area (Å²) in [5, 5.41) is 2.51. The number of anilines is 3. The Balaban J connectivity index is 0.991. The summed E-state index contributed by atoms with van der Waals surface area (Å²) in [5.41, 5.74) is 19.4. The van der Waals surface area contributed by atoms with Crippen LogP contribution in [0.2, 0.25) is 0 Å². The van der Waals surface area contributed by atoms with Crippen LogP contribution in [-0.4, -0.2) is 0 Å². The first-order valence-corrected chi connectivity index (χ1v) is 21.2. The highest BCUT2D eigenvalue weighted by Crippen LogP contribution is 2.55. The van der Waals surface area contributed by atoms with Gasteiger partial charge in [-0.15, -0.1) is 0 Å². The van der Waals surface area contributed by atoms with Crippen molar-refractivity contribution in [3.8, 4) is 55.6 Å². The summed E-state index contributed by atoms with van der Waals surface area (Å²) >= 11 is 0. The summed E-state index contributed by atoms with van der Waals surface area (Å²) in [6, 6.07) is 88.6. The minimum atomic E-state index is -0.243. The number of benzene rings is 10. The van der Waals surface area contributed by atoms with Crippen molar-refractivity contribution in [3.05, 3.63) is 259 Å². The predicted octanol–water partition coefficient (Wildman–Crippen LogP) is 16.3. The zero-order valence-corrected chi connectivity index (χ0v) is 34.0. The molecule has 1 nitrogen and oxygen atoms in total. The molecular weight excluding hydrogens is 735 g/mol. The fourth-order valence-corrected chi connectivity index (χ4v) is 9.68. The lowest BCUT2D eigenvalue weighted by Crippen LogP contribution is -2.22. The molecule has 61 heavy (non-hydrogen) atoms. The first-order chi connectivity index (χ1) is 30.1. The van der Waals surface area contributed by atoms with E-state index in [1.54, 1.807) is 0 Å². The van der Waals surface area contributed by atoms with Crippen LogP contribution in [0.1, 0.15) is 23.6 Å². The van der Waals surface area contributed by atoms with Crippen LogP contribution in [0.5, 0.6) is 0 Å². The van der Waals surface area contributed by atoms with E-state index in [1.807, 2.05) is 0 Å². The number of hydrogen-bond donors (Lipinski definition) is 0. The molecule has 0 saturated heterocycles. The number of fused-ring (bicyclic) bond motifs is 4. The minimum Gasteiger partial charge on any atom is -0.311 e. The van der Waals surface area contributed by atoms with Crippen LogP contribution in [0, 0.1) is 0 Å². The summed E-state index contributed by atoms with van der Waals surface area (Å²) in [5.74, 6) is 0. The zero-order valence-electron chi connectivity index (χ0n) is 34.0. The molecule has 1 aliphatic carbocycles. The van der Waals surface area contributed by atoms with Gasteiger partial charge in [0.25, 0.3) is 0 Å². The Bertz CT molecular complexity index is 3160. The van der Waals surface area contributed by atoms with Gasteiger partial charge in [-0.25, -0.2) is 0 Å². The maximum Gasteiger partial charge on any atom is 0.0462 e. The topological polar surface area (TPSA) is 3.24 Å². The van der Waals surface area contributed by atoms with Crippen molar-refractivity contribution in [2.75, 3.05) is 4.90 Å². The third-order valence-electron chi connectivity index (χ3n) is 12.8. The molecule has 0 amide bonds. The standard InChI is InChI=1S/C60H43N/c1-60(49-21-6-3-7-22-49)57-27-11-10-24-56(57)59-55(26-14-28-58(59)60)46-33-39-52(40-34-46)61(51-37-31-45(32-38-51)54-25-13-18-44-17-8-9-23-53(44)54)50-35-29-43(30-36-50)48-20-12-19-47(41-48)42-15-4-2-5-16-42/h2-41H,1H3. The molecule has 288 valence electrons. The summed E-state index contributed by atoms with van der Waals surface area (Å²) < 4.78 is 0. The zero-order chi connectivity index (χ0) is 40.8. The van der Waals surface area contributed by atoms with Crippen molar-refractivity contribution in [1.82, 2.24) is 0 Å². The Hall–Kier alpha value is -7.74. The quantitative estimate of drug-likeness (QED) is 0.149. The minimum absolute atomic E-state index is 0.243. The van der Waals surface area contributed by atoms with Crippen molar-refractivity contribution in [2.24, 2.45) is 0 Å². The highest BCUT2D eigenvalue weighted by atomic mass is 15.1. The number of hydrogen-bond acceptors (Lipinski definition) is 1. The van der Waals surface area contributed by atoms with E-state index >= 15 is 0 Å². The SMILES string of the molecule is CC1(c2ccccc2)c2ccccc2-c2c(-c3ccc(N(c4ccc(-c5cccc(-c6ccccc6)c5)cc4)c4ccc(-c5cccc6ccccc56)cc4)cc3)cccc21. The average molecular weight is 778 g/mol. The van der Waals surface area contributed by atoms with Gasteiger partial charge in [-0.05, 0) is 132 Å². The molecule has 10 aromatic carbocycles. The largest absolute Gasteiger partial charge is 0.311 e.